The standard InChI is InChI=1S/C16H28O3/c1-12(7-5-9-14(17)18-4)13-8-6-10-16(11-19-16)15(13,2)3/h12-13H,5-11H2,1-4H3. The van der Waals surface area contributed by atoms with Crippen LogP contribution in [0, 0.1) is 17.3 Å². The second-order valence-corrected chi connectivity index (χ2v) is 6.95. The van der Waals surface area contributed by atoms with Gasteiger partial charge in [-0.15, -0.1) is 0 Å². The molecule has 0 radical (unpaired) electrons. The van der Waals surface area contributed by atoms with Gasteiger partial charge < -0.3 is 9.47 Å². The Kier molecular flexibility index (Phi) is 4.24. The summed E-state index contributed by atoms with van der Waals surface area (Å²) in [5.74, 6) is 1.28. The first-order valence-electron chi connectivity index (χ1n) is 7.64. The summed E-state index contributed by atoms with van der Waals surface area (Å²) >= 11 is 0. The zero-order valence-corrected chi connectivity index (χ0v) is 12.8. The van der Waals surface area contributed by atoms with Crippen molar-refractivity contribution in [2.45, 2.75) is 64.9 Å². The molecule has 0 aromatic heterocycles. The molecule has 2 aliphatic rings. The minimum atomic E-state index is -0.0860. The summed E-state index contributed by atoms with van der Waals surface area (Å²) in [4.78, 5) is 11.2. The van der Waals surface area contributed by atoms with Gasteiger partial charge in [-0.3, -0.25) is 4.79 Å². The number of carbonyl (C=O) groups excluding carboxylic acids is 1. The van der Waals surface area contributed by atoms with Gasteiger partial charge in [-0.1, -0.05) is 27.2 Å². The van der Waals surface area contributed by atoms with Gasteiger partial charge in [0.15, 0.2) is 0 Å². The summed E-state index contributed by atoms with van der Waals surface area (Å²) in [6.07, 6.45) is 6.42. The van der Waals surface area contributed by atoms with Gasteiger partial charge in [0, 0.05) is 6.42 Å². The number of carbonyl (C=O) groups is 1. The van der Waals surface area contributed by atoms with Gasteiger partial charge in [0.05, 0.1) is 19.3 Å². The lowest BCUT2D eigenvalue weighted by Gasteiger charge is -2.46. The Labute approximate surface area is 117 Å². The van der Waals surface area contributed by atoms with Crippen LogP contribution in [0.1, 0.15) is 59.3 Å². The highest BCUT2D eigenvalue weighted by Crippen LogP contribution is 2.58. The first-order chi connectivity index (χ1) is 8.93. The maximum Gasteiger partial charge on any atom is 0.305 e. The van der Waals surface area contributed by atoms with Crippen LogP contribution in [0.3, 0.4) is 0 Å². The van der Waals surface area contributed by atoms with Crippen molar-refractivity contribution in [2.24, 2.45) is 17.3 Å². The van der Waals surface area contributed by atoms with Crippen LogP contribution >= 0.6 is 0 Å². The Bertz CT molecular complexity index is 331. The summed E-state index contributed by atoms with van der Waals surface area (Å²) < 4.78 is 10.5. The third kappa shape index (κ3) is 2.81. The van der Waals surface area contributed by atoms with Crippen molar-refractivity contribution in [3.63, 3.8) is 0 Å². The minimum Gasteiger partial charge on any atom is -0.469 e. The van der Waals surface area contributed by atoms with Crippen LogP contribution < -0.4 is 0 Å². The van der Waals surface area contributed by atoms with Crippen molar-refractivity contribution in [2.75, 3.05) is 13.7 Å². The Hall–Kier alpha value is -0.570. The molecular formula is C16H28O3. The lowest BCUT2D eigenvalue weighted by Crippen LogP contribution is -2.45. The van der Waals surface area contributed by atoms with Crippen LogP contribution in [0.5, 0.6) is 0 Å². The van der Waals surface area contributed by atoms with E-state index in [-0.39, 0.29) is 17.0 Å². The molecular weight excluding hydrogens is 240 g/mol. The Morgan fingerprint density at radius 2 is 2.16 bits per heavy atom. The lowest BCUT2D eigenvalue weighted by atomic mass is 9.58. The SMILES string of the molecule is COC(=O)CCCC(C)C1CCCC2(CO2)C1(C)C. The van der Waals surface area contributed by atoms with Gasteiger partial charge >= 0.3 is 5.97 Å². The van der Waals surface area contributed by atoms with E-state index in [2.05, 4.69) is 20.8 Å². The van der Waals surface area contributed by atoms with E-state index in [0.29, 0.717) is 18.3 Å². The first kappa shape index (κ1) is 14.8. The number of hydrogen-bond donors (Lipinski definition) is 0. The molecule has 1 saturated heterocycles. The Morgan fingerprint density at radius 1 is 1.47 bits per heavy atom. The normalized spacial score (nSPS) is 34.0. The van der Waals surface area contributed by atoms with Crippen molar-refractivity contribution in [1.82, 2.24) is 0 Å². The molecule has 1 saturated carbocycles. The third-order valence-electron chi connectivity index (χ3n) is 5.64. The molecule has 1 aliphatic carbocycles. The molecule has 110 valence electrons. The van der Waals surface area contributed by atoms with E-state index >= 15 is 0 Å². The third-order valence-corrected chi connectivity index (χ3v) is 5.64. The molecule has 3 atom stereocenters. The first-order valence-corrected chi connectivity index (χ1v) is 7.64. The average molecular weight is 268 g/mol. The van der Waals surface area contributed by atoms with E-state index in [1.54, 1.807) is 0 Å². The van der Waals surface area contributed by atoms with E-state index in [1.807, 2.05) is 0 Å². The molecule has 1 heterocycles. The summed E-state index contributed by atoms with van der Waals surface area (Å²) in [6, 6.07) is 0. The van der Waals surface area contributed by atoms with Crippen LogP contribution in [-0.2, 0) is 14.3 Å². The largest absolute Gasteiger partial charge is 0.469 e. The maximum atomic E-state index is 11.2. The predicted molar refractivity (Wildman–Crippen MR) is 74.8 cm³/mol. The summed E-state index contributed by atoms with van der Waals surface area (Å²) in [6.45, 7) is 8.04. The van der Waals surface area contributed by atoms with Crippen molar-refractivity contribution in [1.29, 1.82) is 0 Å². The number of epoxide rings is 1. The molecule has 0 bridgehead atoms. The highest BCUT2D eigenvalue weighted by atomic mass is 16.6. The molecule has 2 fully saturated rings. The molecule has 1 aliphatic heterocycles. The Morgan fingerprint density at radius 3 is 2.74 bits per heavy atom. The van der Waals surface area contributed by atoms with Crippen LogP contribution in [0.2, 0.25) is 0 Å². The lowest BCUT2D eigenvalue weighted by molar-refractivity contribution is -0.140. The Balaban J connectivity index is 1.87. The van der Waals surface area contributed by atoms with Gasteiger partial charge in [-0.2, -0.15) is 0 Å². The second kappa shape index (κ2) is 5.43. The molecule has 0 aromatic rings. The molecule has 3 heteroatoms. The highest BCUT2D eigenvalue weighted by Gasteiger charge is 2.61. The molecule has 3 unspecified atom stereocenters. The number of rotatable bonds is 5. The monoisotopic (exact) mass is 268 g/mol. The number of esters is 1. The van der Waals surface area contributed by atoms with Gasteiger partial charge in [0.2, 0.25) is 0 Å². The molecule has 3 nitrogen and oxygen atoms in total. The smallest absolute Gasteiger partial charge is 0.305 e. The van der Waals surface area contributed by atoms with Gasteiger partial charge in [0.1, 0.15) is 0 Å². The number of hydrogen-bond acceptors (Lipinski definition) is 3. The maximum absolute atomic E-state index is 11.2. The van der Waals surface area contributed by atoms with Gasteiger partial charge in [-0.25, -0.2) is 0 Å². The molecule has 1 spiro atoms. The van der Waals surface area contributed by atoms with E-state index in [9.17, 15) is 4.79 Å². The van der Waals surface area contributed by atoms with Crippen LogP contribution in [0.15, 0.2) is 0 Å². The van der Waals surface area contributed by atoms with E-state index in [4.69, 9.17) is 9.47 Å². The zero-order valence-electron chi connectivity index (χ0n) is 12.8. The predicted octanol–water partition coefficient (Wildman–Crippen LogP) is 3.56. The summed E-state index contributed by atoms with van der Waals surface area (Å²) in [7, 11) is 1.46. The van der Waals surface area contributed by atoms with E-state index in [1.165, 1.54) is 26.4 Å². The second-order valence-electron chi connectivity index (χ2n) is 6.95. The van der Waals surface area contributed by atoms with E-state index < -0.39 is 0 Å². The van der Waals surface area contributed by atoms with Crippen molar-refractivity contribution in [3.05, 3.63) is 0 Å². The van der Waals surface area contributed by atoms with Crippen LogP contribution in [0.4, 0.5) is 0 Å². The highest BCUT2D eigenvalue weighted by molar-refractivity contribution is 5.68. The molecule has 19 heavy (non-hydrogen) atoms. The van der Waals surface area contributed by atoms with Gasteiger partial charge in [0.25, 0.3) is 0 Å². The molecule has 0 aromatic carbocycles. The summed E-state index contributed by atoms with van der Waals surface area (Å²) in [5.41, 5.74) is 0.447. The van der Waals surface area contributed by atoms with Crippen LogP contribution in [0.25, 0.3) is 0 Å². The van der Waals surface area contributed by atoms with Gasteiger partial charge in [-0.05, 0) is 42.9 Å². The molecule has 0 amide bonds. The number of ether oxygens (including phenoxy) is 2. The molecule has 2 rings (SSSR count). The summed E-state index contributed by atoms with van der Waals surface area (Å²) in [5, 5.41) is 0. The van der Waals surface area contributed by atoms with E-state index in [0.717, 1.165) is 19.4 Å². The van der Waals surface area contributed by atoms with Crippen molar-refractivity contribution < 1.29 is 14.3 Å². The fraction of sp³-hybridized carbons (Fsp3) is 0.938. The quantitative estimate of drug-likeness (QED) is 0.565. The topological polar surface area (TPSA) is 38.8 Å². The van der Waals surface area contributed by atoms with Crippen LogP contribution in [-0.4, -0.2) is 25.3 Å². The fourth-order valence-electron chi connectivity index (χ4n) is 4.10. The zero-order chi connectivity index (χ0) is 14.1. The molecule has 0 N–H and O–H groups in total. The minimum absolute atomic E-state index is 0.0860. The fourth-order valence-corrected chi connectivity index (χ4v) is 4.10. The van der Waals surface area contributed by atoms with Crippen molar-refractivity contribution >= 4 is 5.97 Å². The number of methoxy groups -OCH3 is 1. The van der Waals surface area contributed by atoms with Crippen molar-refractivity contribution in [3.8, 4) is 0 Å². The average Bonchev–Trinajstić information content (AvgIpc) is 3.14.